The van der Waals surface area contributed by atoms with E-state index in [-0.39, 0.29) is 11.5 Å². The first-order valence-corrected chi connectivity index (χ1v) is 11.4. The van der Waals surface area contributed by atoms with Crippen molar-refractivity contribution in [2.75, 3.05) is 13.1 Å². The number of hydrogen-bond acceptors (Lipinski definition) is 4. The Morgan fingerprint density at radius 3 is 2.42 bits per heavy atom. The van der Waals surface area contributed by atoms with E-state index in [1.165, 1.54) is 64.9 Å². The van der Waals surface area contributed by atoms with Crippen LogP contribution in [0.2, 0.25) is 0 Å². The van der Waals surface area contributed by atoms with Gasteiger partial charge < -0.3 is 4.90 Å². The van der Waals surface area contributed by atoms with Crippen molar-refractivity contribution < 1.29 is 18.0 Å². The number of aryl methyl sites for hydroxylation is 1. The summed E-state index contributed by atoms with van der Waals surface area (Å²) in [7, 11) is 1.25. The number of ketones is 1. The van der Waals surface area contributed by atoms with Gasteiger partial charge in [0.2, 0.25) is 0 Å². The van der Waals surface area contributed by atoms with Crippen molar-refractivity contribution in [1.29, 1.82) is 0 Å². The van der Waals surface area contributed by atoms with Crippen LogP contribution < -0.4 is 0 Å². The summed E-state index contributed by atoms with van der Waals surface area (Å²) in [6.07, 6.45) is 13.2. The number of carbonyl (C=O) groups is 1. The Hall–Kier alpha value is -2.22. The lowest BCUT2D eigenvalue weighted by atomic mass is 10.1. The van der Waals surface area contributed by atoms with E-state index in [0.717, 1.165) is 22.5 Å². The Kier molecular flexibility index (Phi) is 7.86. The molecule has 0 unspecified atom stereocenters. The molecule has 0 spiro atoms. The minimum atomic E-state index is -4.43. The van der Waals surface area contributed by atoms with Crippen LogP contribution in [0.15, 0.2) is 47.0 Å². The SMILES string of the molecule is C1=CC(N2CCCCC2)=CCC1.CC(=O)C1=CCC=C(c2cc(C(F)(F)F)n(C)n2)S1. The zero-order valence-electron chi connectivity index (χ0n) is 17.9. The number of Topliss-reactive ketones (excluding diaryl/α,β-unsaturated/α-hetero) is 1. The average Bonchev–Trinajstić information content (AvgIpc) is 3.18. The Morgan fingerprint density at radius 1 is 1.10 bits per heavy atom. The minimum absolute atomic E-state index is 0.0948. The highest BCUT2D eigenvalue weighted by Crippen LogP contribution is 2.39. The van der Waals surface area contributed by atoms with Crippen LogP contribution in [-0.4, -0.2) is 33.6 Å². The number of halogens is 3. The van der Waals surface area contributed by atoms with Gasteiger partial charge in [0, 0.05) is 30.7 Å². The zero-order chi connectivity index (χ0) is 22.4. The van der Waals surface area contributed by atoms with Gasteiger partial charge in [-0.25, -0.2) is 0 Å². The molecular formula is C23H28F3N3OS. The number of allylic oxidation sites excluding steroid dienone is 6. The standard InChI is InChI=1S/C12H11F3N2OS.C11H17N/c1-7(18)9-4-3-5-10(19-9)8-6-11(12(13,14)15)17(2)16-8;1-3-7-11(8-4-1)12-9-5-2-6-10-12/h4-6H,3H2,1-2H3;3,7-8H,1-2,4-6,9-10H2. The van der Waals surface area contributed by atoms with Gasteiger partial charge in [-0.15, -0.1) is 0 Å². The van der Waals surface area contributed by atoms with E-state index in [9.17, 15) is 18.0 Å². The van der Waals surface area contributed by atoms with E-state index in [1.54, 1.807) is 12.2 Å². The predicted molar refractivity (Wildman–Crippen MR) is 119 cm³/mol. The van der Waals surface area contributed by atoms with Crippen LogP contribution in [0.5, 0.6) is 0 Å². The largest absolute Gasteiger partial charge is 0.433 e. The van der Waals surface area contributed by atoms with Crippen LogP contribution >= 0.6 is 11.8 Å². The highest BCUT2D eigenvalue weighted by Gasteiger charge is 2.35. The lowest BCUT2D eigenvalue weighted by molar-refractivity contribution is -0.143. The summed E-state index contributed by atoms with van der Waals surface area (Å²) in [4.78, 5) is 14.9. The van der Waals surface area contributed by atoms with E-state index in [2.05, 4.69) is 28.2 Å². The lowest BCUT2D eigenvalue weighted by Crippen LogP contribution is -2.28. The van der Waals surface area contributed by atoms with E-state index in [0.29, 0.717) is 16.2 Å². The van der Waals surface area contributed by atoms with Gasteiger partial charge in [0.25, 0.3) is 0 Å². The molecule has 4 rings (SSSR count). The molecule has 1 aromatic rings. The maximum absolute atomic E-state index is 12.7. The van der Waals surface area contributed by atoms with Crippen LogP contribution in [0, 0.1) is 0 Å². The number of thioether (sulfide) groups is 1. The number of alkyl halides is 3. The van der Waals surface area contributed by atoms with E-state index >= 15 is 0 Å². The van der Waals surface area contributed by atoms with Crippen molar-refractivity contribution in [2.45, 2.75) is 51.6 Å². The number of rotatable bonds is 3. The first kappa shape index (κ1) is 23.4. The van der Waals surface area contributed by atoms with Crippen LogP contribution in [0.3, 0.4) is 0 Å². The van der Waals surface area contributed by atoms with Gasteiger partial charge in [0.05, 0.1) is 10.6 Å². The second-order valence-corrected chi connectivity index (χ2v) is 8.81. The van der Waals surface area contributed by atoms with Crippen LogP contribution in [-0.2, 0) is 18.0 Å². The topological polar surface area (TPSA) is 38.1 Å². The molecular weight excluding hydrogens is 423 g/mol. The highest BCUT2D eigenvalue weighted by molar-refractivity contribution is 8.12. The molecule has 0 saturated carbocycles. The quantitative estimate of drug-likeness (QED) is 0.557. The third kappa shape index (κ3) is 6.38. The van der Waals surface area contributed by atoms with Gasteiger partial charge in [-0.1, -0.05) is 36.1 Å². The van der Waals surface area contributed by atoms with Gasteiger partial charge in [-0.05, 0) is 57.6 Å². The molecule has 3 heterocycles. The summed E-state index contributed by atoms with van der Waals surface area (Å²) in [6, 6.07) is 1.00. The average molecular weight is 452 g/mol. The van der Waals surface area contributed by atoms with Crippen molar-refractivity contribution in [2.24, 2.45) is 7.05 Å². The van der Waals surface area contributed by atoms with E-state index in [1.807, 2.05) is 0 Å². The third-order valence-electron chi connectivity index (χ3n) is 5.29. The summed E-state index contributed by atoms with van der Waals surface area (Å²) < 4.78 is 38.9. The van der Waals surface area contributed by atoms with Gasteiger partial charge in [0.1, 0.15) is 5.69 Å². The number of carbonyl (C=O) groups excluding carboxylic acids is 1. The smallest absolute Gasteiger partial charge is 0.372 e. The van der Waals surface area contributed by atoms with Crippen LogP contribution in [0.25, 0.3) is 4.91 Å². The Labute approximate surface area is 185 Å². The monoisotopic (exact) mass is 451 g/mol. The molecule has 2 aliphatic heterocycles. The zero-order valence-corrected chi connectivity index (χ0v) is 18.7. The molecule has 1 saturated heterocycles. The normalized spacial score (nSPS) is 19.1. The Balaban J connectivity index is 0.000000194. The molecule has 31 heavy (non-hydrogen) atoms. The van der Waals surface area contributed by atoms with Crippen molar-refractivity contribution in [1.82, 2.24) is 14.7 Å². The van der Waals surface area contributed by atoms with E-state index < -0.39 is 11.9 Å². The Morgan fingerprint density at radius 2 is 1.84 bits per heavy atom. The first-order valence-electron chi connectivity index (χ1n) is 10.6. The number of piperidine rings is 1. The molecule has 0 aromatic carbocycles. The van der Waals surface area contributed by atoms with Crippen molar-refractivity contribution in [3.8, 4) is 0 Å². The van der Waals surface area contributed by atoms with Gasteiger partial charge >= 0.3 is 6.18 Å². The molecule has 1 aromatic heterocycles. The molecule has 0 atom stereocenters. The van der Waals surface area contributed by atoms with Crippen LogP contribution in [0.1, 0.15) is 56.8 Å². The fourth-order valence-corrected chi connectivity index (χ4v) is 4.63. The molecule has 168 valence electrons. The molecule has 4 nitrogen and oxygen atoms in total. The second-order valence-electron chi connectivity index (χ2n) is 7.72. The summed E-state index contributed by atoms with van der Waals surface area (Å²) in [5.41, 5.74) is 0.913. The summed E-state index contributed by atoms with van der Waals surface area (Å²) in [6.45, 7) is 3.98. The van der Waals surface area contributed by atoms with Crippen LogP contribution in [0.4, 0.5) is 13.2 Å². The van der Waals surface area contributed by atoms with Gasteiger partial charge in [-0.2, -0.15) is 18.3 Å². The number of hydrogen-bond donors (Lipinski definition) is 0. The summed E-state index contributed by atoms with van der Waals surface area (Å²) in [5.74, 6) is -0.0948. The minimum Gasteiger partial charge on any atom is -0.372 e. The number of nitrogens with zero attached hydrogens (tertiary/aromatic N) is 3. The van der Waals surface area contributed by atoms with E-state index in [4.69, 9.17) is 0 Å². The fraction of sp³-hybridized carbons (Fsp3) is 0.478. The summed E-state index contributed by atoms with van der Waals surface area (Å²) >= 11 is 1.15. The maximum atomic E-state index is 12.7. The molecule has 1 aliphatic carbocycles. The molecule has 0 amide bonds. The van der Waals surface area contributed by atoms with Crippen molar-refractivity contribution in [3.05, 3.63) is 58.4 Å². The lowest BCUT2D eigenvalue weighted by Gasteiger charge is -2.30. The molecule has 0 radical (unpaired) electrons. The van der Waals surface area contributed by atoms with Crippen molar-refractivity contribution in [3.63, 3.8) is 0 Å². The predicted octanol–water partition coefficient (Wildman–Crippen LogP) is 6.10. The van der Waals surface area contributed by atoms with Crippen molar-refractivity contribution >= 4 is 22.5 Å². The van der Waals surface area contributed by atoms with Gasteiger partial charge in [-0.3, -0.25) is 9.48 Å². The molecule has 0 bridgehead atoms. The molecule has 3 aliphatic rings. The molecule has 0 N–H and O–H groups in total. The third-order valence-corrected chi connectivity index (χ3v) is 6.56. The molecule has 1 fully saturated rings. The highest BCUT2D eigenvalue weighted by atomic mass is 32.2. The molecule has 8 heteroatoms. The summed E-state index contributed by atoms with van der Waals surface area (Å²) in [5, 5.41) is 3.86. The second kappa shape index (κ2) is 10.4. The number of aromatic nitrogens is 2. The maximum Gasteiger partial charge on any atom is 0.433 e. The first-order chi connectivity index (χ1) is 14.8. The van der Waals surface area contributed by atoms with Gasteiger partial charge in [0.15, 0.2) is 5.78 Å². The Bertz CT molecular complexity index is 919. The number of likely N-dealkylation sites (tertiary alicyclic amines) is 1. The fourth-order valence-electron chi connectivity index (χ4n) is 3.69.